The molecule has 7 nitrogen and oxygen atoms in total. The van der Waals surface area contributed by atoms with Crippen molar-refractivity contribution < 1.29 is 0 Å². The summed E-state index contributed by atoms with van der Waals surface area (Å²) < 4.78 is 1.83. The molecule has 0 atom stereocenters. The molecule has 0 radical (unpaired) electrons. The highest BCUT2D eigenvalue weighted by molar-refractivity contribution is 7.07. The lowest BCUT2D eigenvalue weighted by atomic mass is 10.2. The van der Waals surface area contributed by atoms with Gasteiger partial charge in [0.25, 0.3) is 0 Å². The molecule has 0 saturated carbocycles. The third kappa shape index (κ3) is 3.82. The van der Waals surface area contributed by atoms with Crippen LogP contribution in [0.5, 0.6) is 0 Å². The summed E-state index contributed by atoms with van der Waals surface area (Å²) in [7, 11) is 0. The van der Waals surface area contributed by atoms with Gasteiger partial charge in [-0.2, -0.15) is 11.3 Å². The summed E-state index contributed by atoms with van der Waals surface area (Å²) in [4.78, 5) is 8.16. The minimum absolute atomic E-state index is 0.697. The molecule has 21 heavy (non-hydrogen) atoms. The Morgan fingerprint density at radius 1 is 1.24 bits per heavy atom. The van der Waals surface area contributed by atoms with Crippen molar-refractivity contribution in [3.8, 4) is 0 Å². The van der Waals surface area contributed by atoms with Gasteiger partial charge in [0.05, 0.1) is 12.7 Å². The molecule has 0 aromatic carbocycles. The highest BCUT2D eigenvalue weighted by atomic mass is 32.1. The molecular formula is C13H15N7S. The SMILES string of the molecule is c1cnc(NCCn2nnnc2CCc2ccsc2)cn1. The minimum Gasteiger partial charge on any atom is -0.367 e. The Labute approximate surface area is 126 Å². The molecule has 0 aliphatic rings. The molecule has 0 unspecified atom stereocenters. The average Bonchev–Trinajstić information content (AvgIpc) is 3.17. The lowest BCUT2D eigenvalue weighted by Crippen LogP contribution is -2.15. The zero-order valence-electron chi connectivity index (χ0n) is 11.4. The zero-order chi connectivity index (χ0) is 14.3. The van der Waals surface area contributed by atoms with Crippen molar-refractivity contribution in [3.63, 3.8) is 0 Å². The highest BCUT2D eigenvalue weighted by Crippen LogP contribution is 2.09. The van der Waals surface area contributed by atoms with Crippen LogP contribution in [0.25, 0.3) is 0 Å². The molecule has 0 bridgehead atoms. The minimum atomic E-state index is 0.697. The summed E-state index contributed by atoms with van der Waals surface area (Å²) >= 11 is 1.71. The molecule has 3 aromatic heterocycles. The second-order valence-corrected chi connectivity index (χ2v) is 5.25. The maximum Gasteiger partial charge on any atom is 0.151 e. The number of hydrogen-bond acceptors (Lipinski definition) is 7. The van der Waals surface area contributed by atoms with Gasteiger partial charge in [0, 0.05) is 25.4 Å². The smallest absolute Gasteiger partial charge is 0.151 e. The molecule has 0 fully saturated rings. The fourth-order valence-corrected chi connectivity index (χ4v) is 2.65. The predicted molar refractivity (Wildman–Crippen MR) is 80.1 cm³/mol. The third-order valence-corrected chi connectivity index (χ3v) is 3.75. The zero-order valence-corrected chi connectivity index (χ0v) is 12.2. The molecule has 8 heteroatoms. The molecule has 0 saturated heterocycles. The summed E-state index contributed by atoms with van der Waals surface area (Å²) in [6.07, 6.45) is 6.80. The van der Waals surface area contributed by atoms with Crippen molar-refractivity contribution in [3.05, 3.63) is 46.8 Å². The maximum atomic E-state index is 4.16. The van der Waals surface area contributed by atoms with Gasteiger partial charge in [0.15, 0.2) is 5.82 Å². The van der Waals surface area contributed by atoms with E-state index in [0.717, 1.165) is 24.5 Å². The molecule has 0 aliphatic heterocycles. The van der Waals surface area contributed by atoms with Gasteiger partial charge >= 0.3 is 0 Å². The molecule has 3 rings (SSSR count). The number of aromatic nitrogens is 6. The number of tetrazole rings is 1. The second-order valence-electron chi connectivity index (χ2n) is 4.47. The van der Waals surface area contributed by atoms with Gasteiger partial charge in [0.2, 0.25) is 0 Å². The molecule has 1 N–H and O–H groups in total. The van der Waals surface area contributed by atoms with Crippen LogP contribution in [0, 0.1) is 0 Å². The lowest BCUT2D eigenvalue weighted by molar-refractivity contribution is 0.579. The van der Waals surface area contributed by atoms with E-state index in [-0.39, 0.29) is 0 Å². The van der Waals surface area contributed by atoms with E-state index in [2.05, 4.69) is 47.6 Å². The van der Waals surface area contributed by atoms with Gasteiger partial charge in [0.1, 0.15) is 5.82 Å². The van der Waals surface area contributed by atoms with E-state index < -0.39 is 0 Å². The van der Waals surface area contributed by atoms with Crippen LogP contribution in [-0.2, 0) is 19.4 Å². The van der Waals surface area contributed by atoms with Crippen molar-refractivity contribution in [2.75, 3.05) is 11.9 Å². The number of nitrogens with zero attached hydrogens (tertiary/aromatic N) is 6. The van der Waals surface area contributed by atoms with Crippen LogP contribution in [0.15, 0.2) is 35.4 Å². The van der Waals surface area contributed by atoms with Gasteiger partial charge in [-0.25, -0.2) is 9.67 Å². The van der Waals surface area contributed by atoms with Crippen LogP contribution in [0.4, 0.5) is 5.82 Å². The number of thiophene rings is 1. The Kier molecular flexibility index (Phi) is 4.47. The normalized spacial score (nSPS) is 10.7. The van der Waals surface area contributed by atoms with Gasteiger partial charge < -0.3 is 5.32 Å². The van der Waals surface area contributed by atoms with Crippen LogP contribution in [0.1, 0.15) is 11.4 Å². The maximum absolute atomic E-state index is 4.16. The molecule has 0 spiro atoms. The van der Waals surface area contributed by atoms with E-state index in [9.17, 15) is 0 Å². The van der Waals surface area contributed by atoms with Crippen LogP contribution in [-0.4, -0.2) is 36.7 Å². The second kappa shape index (κ2) is 6.89. The molecule has 0 aliphatic carbocycles. The van der Waals surface area contributed by atoms with Crippen LogP contribution < -0.4 is 5.32 Å². The fraction of sp³-hybridized carbons (Fsp3) is 0.308. The Balaban J connectivity index is 1.51. The van der Waals surface area contributed by atoms with E-state index in [1.54, 1.807) is 29.9 Å². The first-order chi connectivity index (χ1) is 10.4. The van der Waals surface area contributed by atoms with E-state index in [4.69, 9.17) is 0 Å². The summed E-state index contributed by atoms with van der Waals surface area (Å²) in [6.45, 7) is 1.40. The van der Waals surface area contributed by atoms with Gasteiger partial charge in [-0.3, -0.25) is 4.98 Å². The Hall–Kier alpha value is -2.35. The first-order valence-electron chi connectivity index (χ1n) is 6.68. The third-order valence-electron chi connectivity index (χ3n) is 3.02. The standard InChI is InChI=1S/C13H15N7S/c1(11-3-8-21-10-11)2-13-17-18-19-20(13)7-6-16-12-9-14-4-5-15-12/h3-5,8-10H,1-2,6-7H2,(H,15,16). The number of rotatable bonds is 7. The highest BCUT2D eigenvalue weighted by Gasteiger charge is 2.06. The van der Waals surface area contributed by atoms with Crippen molar-refractivity contribution in [2.24, 2.45) is 0 Å². The lowest BCUT2D eigenvalue weighted by Gasteiger charge is -2.06. The Bertz CT molecular complexity index is 650. The fourth-order valence-electron chi connectivity index (χ4n) is 1.95. The quantitative estimate of drug-likeness (QED) is 0.711. The Morgan fingerprint density at radius 3 is 3.05 bits per heavy atom. The summed E-state index contributed by atoms with van der Waals surface area (Å²) in [5.74, 6) is 1.66. The number of anilines is 1. The van der Waals surface area contributed by atoms with Crippen molar-refractivity contribution >= 4 is 17.2 Å². The van der Waals surface area contributed by atoms with Crippen molar-refractivity contribution in [1.29, 1.82) is 0 Å². The van der Waals surface area contributed by atoms with Crippen molar-refractivity contribution in [2.45, 2.75) is 19.4 Å². The molecule has 3 heterocycles. The first-order valence-corrected chi connectivity index (χ1v) is 7.62. The molecule has 0 amide bonds. The first kappa shape index (κ1) is 13.6. The molecule has 108 valence electrons. The molecule has 3 aromatic rings. The van der Waals surface area contributed by atoms with Crippen LogP contribution >= 0.6 is 11.3 Å². The largest absolute Gasteiger partial charge is 0.367 e. The number of hydrogen-bond donors (Lipinski definition) is 1. The molecular weight excluding hydrogens is 286 g/mol. The van der Waals surface area contributed by atoms with Gasteiger partial charge in [-0.1, -0.05) is 0 Å². The van der Waals surface area contributed by atoms with E-state index in [1.165, 1.54) is 5.56 Å². The summed E-state index contributed by atoms with van der Waals surface area (Å²) in [5, 5.41) is 19.3. The topological polar surface area (TPSA) is 81.4 Å². The Morgan fingerprint density at radius 2 is 2.24 bits per heavy atom. The van der Waals surface area contributed by atoms with E-state index in [0.29, 0.717) is 13.1 Å². The van der Waals surface area contributed by atoms with E-state index >= 15 is 0 Å². The summed E-state index contributed by atoms with van der Waals surface area (Å²) in [5.41, 5.74) is 1.33. The van der Waals surface area contributed by atoms with Crippen LogP contribution in [0.3, 0.4) is 0 Å². The summed E-state index contributed by atoms with van der Waals surface area (Å²) in [6, 6.07) is 2.13. The predicted octanol–water partition coefficient (Wildman–Crippen LogP) is 1.42. The number of nitrogens with one attached hydrogen (secondary N) is 1. The average molecular weight is 301 g/mol. The van der Waals surface area contributed by atoms with Crippen molar-refractivity contribution in [1.82, 2.24) is 30.2 Å². The van der Waals surface area contributed by atoms with Gasteiger partial charge in [-0.15, -0.1) is 5.10 Å². The monoisotopic (exact) mass is 301 g/mol. The van der Waals surface area contributed by atoms with Gasteiger partial charge in [-0.05, 0) is 39.2 Å². The number of aryl methyl sites for hydroxylation is 2. The van der Waals surface area contributed by atoms with E-state index in [1.807, 2.05) is 4.68 Å². The van der Waals surface area contributed by atoms with Crippen LogP contribution in [0.2, 0.25) is 0 Å².